The number of hydrogen-bond acceptors (Lipinski definition) is 3. The van der Waals surface area contributed by atoms with E-state index in [2.05, 4.69) is 5.32 Å². The zero-order chi connectivity index (χ0) is 11.4. The van der Waals surface area contributed by atoms with Gasteiger partial charge in [-0.1, -0.05) is 6.92 Å². The molecular formula is C10H15N3O2. The summed E-state index contributed by atoms with van der Waals surface area (Å²) in [6.07, 6.45) is 1.63. The molecule has 5 nitrogen and oxygen atoms in total. The molecule has 1 amide bonds. The van der Waals surface area contributed by atoms with E-state index < -0.39 is 0 Å². The molecular weight excluding hydrogens is 194 g/mol. The van der Waals surface area contributed by atoms with Gasteiger partial charge in [-0.3, -0.25) is 9.59 Å². The van der Waals surface area contributed by atoms with Gasteiger partial charge in [0, 0.05) is 25.7 Å². The number of pyridine rings is 1. The summed E-state index contributed by atoms with van der Waals surface area (Å²) in [5.41, 5.74) is 5.41. The number of aromatic nitrogens is 1. The van der Waals surface area contributed by atoms with E-state index in [9.17, 15) is 9.59 Å². The minimum Gasteiger partial charge on any atom is -0.330 e. The van der Waals surface area contributed by atoms with Gasteiger partial charge in [-0.15, -0.1) is 0 Å². The number of rotatable bonds is 3. The summed E-state index contributed by atoms with van der Waals surface area (Å²) in [6, 6.07) is 3.27. The van der Waals surface area contributed by atoms with E-state index in [-0.39, 0.29) is 29.6 Å². The molecule has 0 saturated carbocycles. The van der Waals surface area contributed by atoms with E-state index in [1.54, 1.807) is 32.3 Å². The Balaban J connectivity index is 2.86. The summed E-state index contributed by atoms with van der Waals surface area (Å²) >= 11 is 0. The molecule has 0 aliphatic carbocycles. The summed E-state index contributed by atoms with van der Waals surface area (Å²) in [7, 11) is 1.63. The molecule has 3 N–H and O–H groups in total. The van der Waals surface area contributed by atoms with Crippen LogP contribution in [-0.2, 0) is 11.8 Å². The zero-order valence-corrected chi connectivity index (χ0v) is 8.86. The zero-order valence-electron chi connectivity index (χ0n) is 8.86. The number of amides is 1. The van der Waals surface area contributed by atoms with E-state index in [1.807, 2.05) is 0 Å². The maximum atomic E-state index is 11.5. The highest BCUT2D eigenvalue weighted by atomic mass is 16.2. The first-order chi connectivity index (χ1) is 7.06. The molecule has 1 aromatic heterocycles. The maximum Gasteiger partial charge on any atom is 0.274 e. The highest BCUT2D eigenvalue weighted by Gasteiger charge is 2.12. The number of nitrogens with zero attached hydrogens (tertiary/aromatic N) is 1. The summed E-state index contributed by atoms with van der Waals surface area (Å²) in [6.45, 7) is 1.97. The molecule has 0 saturated heterocycles. The minimum atomic E-state index is -0.296. The predicted molar refractivity (Wildman–Crippen MR) is 58.5 cm³/mol. The van der Waals surface area contributed by atoms with Crippen molar-refractivity contribution in [2.75, 3.05) is 11.9 Å². The quantitative estimate of drug-likeness (QED) is 0.731. The second-order valence-corrected chi connectivity index (χ2v) is 3.46. The third-order valence-electron chi connectivity index (χ3n) is 2.18. The largest absolute Gasteiger partial charge is 0.330 e. The second-order valence-electron chi connectivity index (χ2n) is 3.46. The van der Waals surface area contributed by atoms with E-state index >= 15 is 0 Å². The molecule has 0 radical (unpaired) electrons. The fourth-order valence-electron chi connectivity index (χ4n) is 1.06. The normalized spacial score (nSPS) is 12.2. The number of nitrogens with two attached hydrogens (primary N) is 1. The summed E-state index contributed by atoms with van der Waals surface area (Å²) in [4.78, 5) is 23.0. The minimum absolute atomic E-state index is 0.227. The molecule has 1 atom stereocenters. The van der Waals surface area contributed by atoms with Crippen LogP contribution in [0.25, 0.3) is 0 Å². The third kappa shape index (κ3) is 2.66. The van der Waals surface area contributed by atoms with Gasteiger partial charge in [-0.05, 0) is 12.1 Å². The topological polar surface area (TPSA) is 77.1 Å². The lowest BCUT2D eigenvalue weighted by atomic mass is 10.1. The Labute approximate surface area is 87.9 Å². The van der Waals surface area contributed by atoms with E-state index in [0.29, 0.717) is 0 Å². The van der Waals surface area contributed by atoms with Crippen LogP contribution >= 0.6 is 0 Å². The maximum absolute atomic E-state index is 11.5. The molecule has 0 spiro atoms. The Morgan fingerprint density at radius 2 is 2.33 bits per heavy atom. The fraction of sp³-hybridized carbons (Fsp3) is 0.400. The van der Waals surface area contributed by atoms with Crippen molar-refractivity contribution in [1.82, 2.24) is 4.57 Å². The lowest BCUT2D eigenvalue weighted by molar-refractivity contribution is -0.119. The molecule has 1 unspecified atom stereocenters. The molecule has 15 heavy (non-hydrogen) atoms. The van der Waals surface area contributed by atoms with Gasteiger partial charge in [0.1, 0.15) is 5.69 Å². The summed E-state index contributed by atoms with van der Waals surface area (Å²) in [5.74, 6) is -0.532. The van der Waals surface area contributed by atoms with Crippen LogP contribution in [-0.4, -0.2) is 17.0 Å². The highest BCUT2D eigenvalue weighted by molar-refractivity contribution is 5.92. The van der Waals surface area contributed by atoms with E-state index in [1.165, 1.54) is 4.57 Å². The van der Waals surface area contributed by atoms with Crippen molar-refractivity contribution in [3.8, 4) is 0 Å². The van der Waals surface area contributed by atoms with Crippen molar-refractivity contribution in [1.29, 1.82) is 0 Å². The molecule has 0 bridgehead atoms. The van der Waals surface area contributed by atoms with Crippen molar-refractivity contribution in [2.45, 2.75) is 6.92 Å². The fourth-order valence-corrected chi connectivity index (χ4v) is 1.06. The van der Waals surface area contributed by atoms with Crippen LogP contribution in [0.3, 0.4) is 0 Å². The Kier molecular flexibility index (Phi) is 3.62. The molecule has 0 aliphatic heterocycles. The molecule has 1 aromatic rings. The van der Waals surface area contributed by atoms with Crippen LogP contribution in [0.15, 0.2) is 23.1 Å². The summed E-state index contributed by atoms with van der Waals surface area (Å²) in [5, 5.41) is 2.55. The van der Waals surface area contributed by atoms with Gasteiger partial charge in [0.15, 0.2) is 0 Å². The molecule has 5 heteroatoms. The second kappa shape index (κ2) is 4.75. The number of anilines is 1. The van der Waals surface area contributed by atoms with Crippen LogP contribution < -0.4 is 16.6 Å². The molecule has 82 valence electrons. The standard InChI is InChI=1S/C10H15N3O2/c1-7(6-11)9(14)12-8-4-3-5-13(2)10(8)15/h3-5,7H,6,11H2,1-2H3,(H,12,14). The average molecular weight is 209 g/mol. The number of hydrogen-bond donors (Lipinski definition) is 2. The smallest absolute Gasteiger partial charge is 0.274 e. The average Bonchev–Trinajstić information content (AvgIpc) is 2.23. The Hall–Kier alpha value is -1.62. The monoisotopic (exact) mass is 209 g/mol. The Bertz CT molecular complexity index is 411. The number of carbonyl (C=O) groups is 1. The Morgan fingerprint density at radius 3 is 2.93 bits per heavy atom. The van der Waals surface area contributed by atoms with Gasteiger partial charge in [-0.25, -0.2) is 0 Å². The molecule has 0 aromatic carbocycles. The first kappa shape index (κ1) is 11.5. The number of aryl methyl sites for hydroxylation is 1. The van der Waals surface area contributed by atoms with Crippen molar-refractivity contribution in [3.63, 3.8) is 0 Å². The SMILES string of the molecule is CC(CN)C(=O)Nc1cccn(C)c1=O. The highest BCUT2D eigenvalue weighted by Crippen LogP contribution is 2.01. The van der Waals surface area contributed by atoms with Crippen molar-refractivity contribution in [3.05, 3.63) is 28.7 Å². The van der Waals surface area contributed by atoms with Gasteiger partial charge < -0.3 is 15.6 Å². The number of nitrogens with one attached hydrogen (secondary N) is 1. The van der Waals surface area contributed by atoms with Crippen LogP contribution in [0.2, 0.25) is 0 Å². The van der Waals surface area contributed by atoms with Crippen LogP contribution in [0, 0.1) is 5.92 Å². The van der Waals surface area contributed by atoms with Crippen LogP contribution in [0.1, 0.15) is 6.92 Å². The van der Waals surface area contributed by atoms with Crippen molar-refractivity contribution in [2.24, 2.45) is 18.7 Å². The molecule has 1 rings (SSSR count). The molecule has 0 fully saturated rings. The van der Waals surface area contributed by atoms with Gasteiger partial charge >= 0.3 is 0 Å². The van der Waals surface area contributed by atoms with Gasteiger partial charge in [0.05, 0.1) is 0 Å². The van der Waals surface area contributed by atoms with E-state index in [4.69, 9.17) is 5.73 Å². The molecule has 0 aliphatic rings. The summed E-state index contributed by atoms with van der Waals surface area (Å²) < 4.78 is 1.41. The van der Waals surface area contributed by atoms with Gasteiger partial charge in [0.2, 0.25) is 5.91 Å². The van der Waals surface area contributed by atoms with Crippen LogP contribution in [0.5, 0.6) is 0 Å². The van der Waals surface area contributed by atoms with Gasteiger partial charge in [0.25, 0.3) is 5.56 Å². The first-order valence-electron chi connectivity index (χ1n) is 4.73. The number of carbonyl (C=O) groups excluding carboxylic acids is 1. The third-order valence-corrected chi connectivity index (χ3v) is 2.18. The van der Waals surface area contributed by atoms with E-state index in [0.717, 1.165) is 0 Å². The van der Waals surface area contributed by atoms with Crippen LogP contribution in [0.4, 0.5) is 5.69 Å². The lowest BCUT2D eigenvalue weighted by Crippen LogP contribution is -2.30. The van der Waals surface area contributed by atoms with Crippen molar-refractivity contribution < 1.29 is 4.79 Å². The van der Waals surface area contributed by atoms with Gasteiger partial charge in [-0.2, -0.15) is 0 Å². The predicted octanol–water partition coefficient (Wildman–Crippen LogP) is -0.0814. The Morgan fingerprint density at radius 1 is 1.67 bits per heavy atom. The lowest BCUT2D eigenvalue weighted by Gasteiger charge is -2.09. The van der Waals surface area contributed by atoms with Crippen molar-refractivity contribution >= 4 is 11.6 Å². The first-order valence-corrected chi connectivity index (χ1v) is 4.73. The molecule has 1 heterocycles.